The van der Waals surface area contributed by atoms with Crippen LogP contribution in [0.5, 0.6) is 0 Å². The fourth-order valence-corrected chi connectivity index (χ4v) is 3.29. The highest BCUT2D eigenvalue weighted by molar-refractivity contribution is 5.85. The molecule has 0 bridgehead atoms. The van der Waals surface area contributed by atoms with Gasteiger partial charge < -0.3 is 0 Å². The number of fused-ring (bicyclic) bond motifs is 1. The lowest BCUT2D eigenvalue weighted by molar-refractivity contribution is 0.0966. The first-order valence-electron chi connectivity index (χ1n) is 8.21. The quantitative estimate of drug-likeness (QED) is 0.842. The van der Waals surface area contributed by atoms with Crippen molar-refractivity contribution < 1.29 is 0 Å². The average Bonchev–Trinajstić information content (AvgIpc) is 2.55. The molecule has 0 N–H and O–H groups in total. The van der Waals surface area contributed by atoms with Crippen LogP contribution in [0.15, 0.2) is 42.5 Å². The van der Waals surface area contributed by atoms with Crippen LogP contribution in [-0.2, 0) is 6.54 Å². The molecular weight excluding hydrogens is 256 g/mol. The van der Waals surface area contributed by atoms with E-state index in [1.165, 1.54) is 48.9 Å². The first-order valence-corrected chi connectivity index (χ1v) is 8.21. The van der Waals surface area contributed by atoms with Gasteiger partial charge in [-0.1, -0.05) is 49.4 Å². The third-order valence-corrected chi connectivity index (χ3v) is 4.89. The van der Waals surface area contributed by atoms with E-state index in [1.54, 1.807) is 0 Å². The molecule has 1 aliphatic rings. The van der Waals surface area contributed by atoms with Crippen LogP contribution < -0.4 is 0 Å². The zero-order valence-electron chi connectivity index (χ0n) is 13.3. The predicted molar refractivity (Wildman–Crippen MR) is 90.6 cm³/mol. The molecule has 0 saturated carbocycles. The summed E-state index contributed by atoms with van der Waals surface area (Å²) in [5.74, 6) is 0. The summed E-state index contributed by atoms with van der Waals surface area (Å²) >= 11 is 0. The molecular formula is C19H26N2. The summed E-state index contributed by atoms with van der Waals surface area (Å²) in [6, 6.07) is 16.1. The van der Waals surface area contributed by atoms with E-state index in [1.807, 2.05) is 0 Å². The van der Waals surface area contributed by atoms with E-state index in [2.05, 4.69) is 66.1 Å². The normalized spacial score (nSPS) is 19.0. The molecule has 2 heteroatoms. The van der Waals surface area contributed by atoms with E-state index in [0.717, 1.165) is 12.6 Å². The largest absolute Gasteiger partial charge is 0.298 e. The molecule has 2 nitrogen and oxygen atoms in total. The van der Waals surface area contributed by atoms with Crippen LogP contribution >= 0.6 is 0 Å². The first kappa shape index (κ1) is 14.6. The van der Waals surface area contributed by atoms with Gasteiger partial charge in [0.05, 0.1) is 0 Å². The number of benzene rings is 2. The van der Waals surface area contributed by atoms with Crippen molar-refractivity contribution in [1.82, 2.24) is 9.80 Å². The highest BCUT2D eigenvalue weighted by atomic mass is 15.3. The summed E-state index contributed by atoms with van der Waals surface area (Å²) in [6.07, 6.45) is 1.25. The Hall–Kier alpha value is -1.38. The topological polar surface area (TPSA) is 6.48 Å². The monoisotopic (exact) mass is 282 g/mol. The molecule has 0 aromatic heterocycles. The highest BCUT2D eigenvalue weighted by Gasteiger charge is 2.20. The van der Waals surface area contributed by atoms with Gasteiger partial charge in [0.25, 0.3) is 0 Å². The molecule has 3 rings (SSSR count). The van der Waals surface area contributed by atoms with Crippen LogP contribution in [0.4, 0.5) is 0 Å². The van der Waals surface area contributed by atoms with Crippen molar-refractivity contribution in [2.45, 2.75) is 32.9 Å². The van der Waals surface area contributed by atoms with E-state index in [0.29, 0.717) is 0 Å². The lowest BCUT2D eigenvalue weighted by Gasteiger charge is -2.38. The summed E-state index contributed by atoms with van der Waals surface area (Å²) in [4.78, 5) is 5.22. The molecule has 1 fully saturated rings. The van der Waals surface area contributed by atoms with Crippen molar-refractivity contribution in [2.24, 2.45) is 0 Å². The first-order chi connectivity index (χ1) is 10.3. The van der Waals surface area contributed by atoms with Crippen molar-refractivity contribution in [3.05, 3.63) is 48.0 Å². The number of piperazine rings is 1. The Morgan fingerprint density at radius 1 is 0.952 bits per heavy atom. The Labute approximate surface area is 128 Å². The lowest BCUT2D eigenvalue weighted by Crippen LogP contribution is -2.49. The predicted octanol–water partition coefficient (Wildman–Crippen LogP) is 3.76. The lowest BCUT2D eigenvalue weighted by atomic mass is 10.0. The molecule has 21 heavy (non-hydrogen) atoms. The highest BCUT2D eigenvalue weighted by Crippen LogP contribution is 2.20. The van der Waals surface area contributed by atoms with Crippen molar-refractivity contribution in [3.63, 3.8) is 0 Å². The van der Waals surface area contributed by atoms with Gasteiger partial charge in [-0.25, -0.2) is 0 Å². The zero-order chi connectivity index (χ0) is 14.7. The van der Waals surface area contributed by atoms with Crippen LogP contribution in [0.3, 0.4) is 0 Å². The Kier molecular flexibility index (Phi) is 4.57. The second-order valence-electron chi connectivity index (χ2n) is 6.21. The Morgan fingerprint density at radius 3 is 2.43 bits per heavy atom. The maximum Gasteiger partial charge on any atom is 0.0240 e. The van der Waals surface area contributed by atoms with Crippen LogP contribution in [0.2, 0.25) is 0 Å². The smallest absolute Gasteiger partial charge is 0.0240 e. The SMILES string of the molecule is CC[C@@H](C)N1CCN(Cc2cccc3ccccc23)CC1. The zero-order valence-corrected chi connectivity index (χ0v) is 13.3. The molecule has 0 spiro atoms. The van der Waals surface area contributed by atoms with Gasteiger partial charge in [0, 0.05) is 38.8 Å². The minimum atomic E-state index is 0.727. The second kappa shape index (κ2) is 6.59. The van der Waals surface area contributed by atoms with Gasteiger partial charge in [0.2, 0.25) is 0 Å². The van der Waals surface area contributed by atoms with Crippen molar-refractivity contribution in [1.29, 1.82) is 0 Å². The molecule has 112 valence electrons. The van der Waals surface area contributed by atoms with Gasteiger partial charge in [-0.3, -0.25) is 9.80 Å². The molecule has 0 amide bonds. The minimum Gasteiger partial charge on any atom is -0.298 e. The van der Waals surface area contributed by atoms with E-state index < -0.39 is 0 Å². The third kappa shape index (κ3) is 3.28. The summed E-state index contributed by atoms with van der Waals surface area (Å²) in [6.45, 7) is 10.5. The fraction of sp³-hybridized carbons (Fsp3) is 0.474. The Morgan fingerprint density at radius 2 is 1.67 bits per heavy atom. The number of nitrogens with zero attached hydrogens (tertiary/aromatic N) is 2. The standard InChI is InChI=1S/C19H26N2/c1-3-16(2)21-13-11-20(12-14-21)15-18-9-6-8-17-7-4-5-10-19(17)18/h4-10,16H,3,11-15H2,1-2H3/t16-/m1/s1. The van der Waals surface area contributed by atoms with Gasteiger partial charge in [-0.15, -0.1) is 0 Å². The van der Waals surface area contributed by atoms with Crippen molar-refractivity contribution in [3.8, 4) is 0 Å². The molecule has 0 unspecified atom stereocenters. The number of hydrogen-bond donors (Lipinski definition) is 0. The molecule has 2 aromatic carbocycles. The maximum atomic E-state index is 2.62. The van der Waals surface area contributed by atoms with Gasteiger partial charge >= 0.3 is 0 Å². The van der Waals surface area contributed by atoms with E-state index >= 15 is 0 Å². The second-order valence-corrected chi connectivity index (χ2v) is 6.21. The fourth-order valence-electron chi connectivity index (χ4n) is 3.29. The van der Waals surface area contributed by atoms with E-state index in [-0.39, 0.29) is 0 Å². The third-order valence-electron chi connectivity index (χ3n) is 4.89. The maximum absolute atomic E-state index is 2.62. The van der Waals surface area contributed by atoms with Gasteiger partial charge in [-0.2, -0.15) is 0 Å². The molecule has 1 aliphatic heterocycles. The van der Waals surface area contributed by atoms with Crippen LogP contribution in [0.25, 0.3) is 10.8 Å². The molecule has 1 heterocycles. The van der Waals surface area contributed by atoms with Gasteiger partial charge in [0.1, 0.15) is 0 Å². The van der Waals surface area contributed by atoms with Crippen LogP contribution in [-0.4, -0.2) is 42.0 Å². The molecule has 1 atom stereocenters. The molecule has 0 radical (unpaired) electrons. The average molecular weight is 282 g/mol. The number of hydrogen-bond acceptors (Lipinski definition) is 2. The van der Waals surface area contributed by atoms with Crippen LogP contribution in [0.1, 0.15) is 25.8 Å². The van der Waals surface area contributed by atoms with E-state index in [9.17, 15) is 0 Å². The Balaban J connectivity index is 1.67. The molecule has 1 saturated heterocycles. The van der Waals surface area contributed by atoms with E-state index in [4.69, 9.17) is 0 Å². The molecule has 0 aliphatic carbocycles. The van der Waals surface area contributed by atoms with Crippen molar-refractivity contribution >= 4 is 10.8 Å². The summed E-state index contributed by atoms with van der Waals surface area (Å²) < 4.78 is 0. The van der Waals surface area contributed by atoms with Gasteiger partial charge in [-0.05, 0) is 29.7 Å². The summed E-state index contributed by atoms with van der Waals surface area (Å²) in [5, 5.41) is 2.76. The molecule has 2 aromatic rings. The Bertz CT molecular complexity index is 580. The van der Waals surface area contributed by atoms with Crippen molar-refractivity contribution in [2.75, 3.05) is 26.2 Å². The number of rotatable bonds is 4. The van der Waals surface area contributed by atoms with Gasteiger partial charge in [0.15, 0.2) is 0 Å². The minimum absolute atomic E-state index is 0.727. The summed E-state index contributed by atoms with van der Waals surface area (Å²) in [5.41, 5.74) is 1.46. The summed E-state index contributed by atoms with van der Waals surface area (Å²) in [7, 11) is 0. The van der Waals surface area contributed by atoms with Crippen LogP contribution in [0, 0.1) is 0 Å².